The summed E-state index contributed by atoms with van der Waals surface area (Å²) >= 11 is 0. The molecule has 0 unspecified atom stereocenters. The zero-order valence-electron chi connectivity index (χ0n) is 16.1. The Labute approximate surface area is 165 Å². The number of methoxy groups -OCH3 is 2. The number of fused-ring (bicyclic) bond motifs is 1. The number of hydrogen-bond acceptors (Lipinski definition) is 4. The van der Waals surface area contributed by atoms with Crippen molar-refractivity contribution in [2.45, 2.75) is 0 Å². The van der Waals surface area contributed by atoms with Crippen LogP contribution in [0.15, 0.2) is 66.7 Å². The van der Waals surface area contributed by atoms with Crippen LogP contribution in [0.3, 0.4) is 0 Å². The minimum Gasteiger partial charge on any atom is -0.493 e. The Bertz CT molecular complexity index is 977. The van der Waals surface area contributed by atoms with Crippen molar-refractivity contribution < 1.29 is 14.3 Å². The molecule has 0 radical (unpaired) electrons. The number of anilines is 1. The first-order chi connectivity index (χ1) is 13.7. The van der Waals surface area contributed by atoms with Crippen molar-refractivity contribution in [3.05, 3.63) is 72.3 Å². The molecule has 1 amide bonds. The van der Waals surface area contributed by atoms with E-state index in [-0.39, 0.29) is 5.91 Å². The molecule has 28 heavy (non-hydrogen) atoms. The predicted molar refractivity (Wildman–Crippen MR) is 114 cm³/mol. The van der Waals surface area contributed by atoms with Crippen LogP contribution in [0.1, 0.15) is 5.56 Å². The molecule has 3 rings (SSSR count). The first-order valence-corrected chi connectivity index (χ1v) is 9.11. The molecule has 0 aromatic heterocycles. The third-order valence-electron chi connectivity index (χ3n) is 4.36. The maximum atomic E-state index is 12.0. The SMILES string of the molecule is COc1ccc(/C=C/C(=O)NCCNc2cccc3ccccc23)cc1OC. The Morgan fingerprint density at radius 1 is 0.929 bits per heavy atom. The number of rotatable bonds is 8. The summed E-state index contributed by atoms with van der Waals surface area (Å²) in [5.74, 6) is 1.14. The number of ether oxygens (including phenoxy) is 2. The molecule has 5 nitrogen and oxygen atoms in total. The van der Waals surface area contributed by atoms with E-state index in [1.165, 1.54) is 16.8 Å². The normalized spacial score (nSPS) is 10.8. The number of hydrogen-bond donors (Lipinski definition) is 2. The topological polar surface area (TPSA) is 59.6 Å². The molecule has 2 N–H and O–H groups in total. The van der Waals surface area contributed by atoms with Crippen LogP contribution in [0.5, 0.6) is 11.5 Å². The molecule has 3 aromatic rings. The van der Waals surface area contributed by atoms with Gasteiger partial charge in [-0.2, -0.15) is 0 Å². The zero-order chi connectivity index (χ0) is 19.8. The Balaban J connectivity index is 1.50. The van der Waals surface area contributed by atoms with Crippen LogP contribution in [0, 0.1) is 0 Å². The lowest BCUT2D eigenvalue weighted by molar-refractivity contribution is -0.116. The Morgan fingerprint density at radius 2 is 1.71 bits per heavy atom. The highest BCUT2D eigenvalue weighted by Crippen LogP contribution is 2.28. The monoisotopic (exact) mass is 376 g/mol. The van der Waals surface area contributed by atoms with Gasteiger partial charge >= 0.3 is 0 Å². The second kappa shape index (κ2) is 9.46. The van der Waals surface area contributed by atoms with Crippen molar-refractivity contribution in [2.75, 3.05) is 32.6 Å². The van der Waals surface area contributed by atoms with Gasteiger partial charge in [-0.1, -0.05) is 42.5 Å². The molecule has 0 saturated carbocycles. The van der Waals surface area contributed by atoms with Gasteiger partial charge < -0.3 is 20.1 Å². The molecular weight excluding hydrogens is 352 g/mol. The van der Waals surface area contributed by atoms with Crippen LogP contribution in [-0.2, 0) is 4.79 Å². The molecule has 144 valence electrons. The van der Waals surface area contributed by atoms with E-state index in [2.05, 4.69) is 28.8 Å². The number of benzene rings is 3. The lowest BCUT2D eigenvalue weighted by atomic mass is 10.1. The van der Waals surface area contributed by atoms with Gasteiger partial charge in [0.2, 0.25) is 5.91 Å². The smallest absolute Gasteiger partial charge is 0.244 e. The van der Waals surface area contributed by atoms with Crippen molar-refractivity contribution in [1.82, 2.24) is 5.32 Å². The summed E-state index contributed by atoms with van der Waals surface area (Å²) in [6.07, 6.45) is 3.26. The summed E-state index contributed by atoms with van der Waals surface area (Å²) in [7, 11) is 3.17. The van der Waals surface area contributed by atoms with Crippen LogP contribution >= 0.6 is 0 Å². The molecule has 0 saturated heterocycles. The van der Waals surface area contributed by atoms with E-state index in [4.69, 9.17) is 9.47 Å². The summed E-state index contributed by atoms with van der Waals surface area (Å²) in [4.78, 5) is 12.0. The van der Waals surface area contributed by atoms with E-state index >= 15 is 0 Å². The van der Waals surface area contributed by atoms with Gasteiger partial charge in [-0.05, 0) is 35.2 Å². The average Bonchev–Trinajstić information content (AvgIpc) is 2.75. The Kier molecular flexibility index (Phi) is 6.52. The number of carbonyl (C=O) groups is 1. The van der Waals surface area contributed by atoms with Crippen LogP contribution in [0.2, 0.25) is 0 Å². The Morgan fingerprint density at radius 3 is 2.54 bits per heavy atom. The van der Waals surface area contributed by atoms with E-state index in [0.29, 0.717) is 24.6 Å². The van der Waals surface area contributed by atoms with Crippen LogP contribution in [-0.4, -0.2) is 33.2 Å². The van der Waals surface area contributed by atoms with Crippen molar-refractivity contribution in [3.8, 4) is 11.5 Å². The van der Waals surface area contributed by atoms with E-state index in [9.17, 15) is 4.79 Å². The lowest BCUT2D eigenvalue weighted by Gasteiger charge is -2.10. The maximum absolute atomic E-state index is 12.0. The van der Waals surface area contributed by atoms with E-state index in [1.807, 2.05) is 42.5 Å². The van der Waals surface area contributed by atoms with E-state index < -0.39 is 0 Å². The highest BCUT2D eigenvalue weighted by atomic mass is 16.5. The van der Waals surface area contributed by atoms with Gasteiger partial charge in [-0.25, -0.2) is 0 Å². The highest BCUT2D eigenvalue weighted by Gasteiger charge is 2.03. The molecule has 5 heteroatoms. The molecule has 3 aromatic carbocycles. The molecule has 0 heterocycles. The van der Waals surface area contributed by atoms with Gasteiger partial charge in [0, 0.05) is 30.2 Å². The van der Waals surface area contributed by atoms with Gasteiger partial charge in [0.05, 0.1) is 14.2 Å². The van der Waals surface area contributed by atoms with Gasteiger partial charge in [0.25, 0.3) is 0 Å². The van der Waals surface area contributed by atoms with Crippen molar-refractivity contribution >= 4 is 28.4 Å². The van der Waals surface area contributed by atoms with E-state index in [1.54, 1.807) is 20.3 Å². The molecule has 0 bridgehead atoms. The molecular formula is C23H24N2O3. The van der Waals surface area contributed by atoms with Gasteiger partial charge in [-0.3, -0.25) is 4.79 Å². The number of amides is 1. The average molecular weight is 376 g/mol. The zero-order valence-corrected chi connectivity index (χ0v) is 16.1. The third kappa shape index (κ3) is 4.82. The number of carbonyl (C=O) groups excluding carboxylic acids is 1. The summed E-state index contributed by atoms with van der Waals surface area (Å²) < 4.78 is 10.5. The lowest BCUT2D eigenvalue weighted by Crippen LogP contribution is -2.27. The minimum absolute atomic E-state index is 0.144. The third-order valence-corrected chi connectivity index (χ3v) is 4.36. The van der Waals surface area contributed by atoms with Gasteiger partial charge in [0.15, 0.2) is 11.5 Å². The fourth-order valence-electron chi connectivity index (χ4n) is 2.95. The second-order valence-electron chi connectivity index (χ2n) is 6.19. The second-order valence-corrected chi connectivity index (χ2v) is 6.19. The number of nitrogens with one attached hydrogen (secondary N) is 2. The largest absolute Gasteiger partial charge is 0.493 e. The summed E-state index contributed by atoms with van der Waals surface area (Å²) in [5, 5.41) is 8.61. The summed E-state index contributed by atoms with van der Waals surface area (Å²) in [6.45, 7) is 1.17. The highest BCUT2D eigenvalue weighted by molar-refractivity contribution is 5.94. The standard InChI is InChI=1S/C23H24N2O3/c1-27-21-12-10-17(16-22(21)28-2)11-13-23(26)25-15-14-24-20-9-5-7-18-6-3-4-8-19(18)20/h3-13,16,24H,14-15H2,1-2H3,(H,25,26)/b13-11+. The minimum atomic E-state index is -0.144. The molecule has 0 spiro atoms. The summed E-state index contributed by atoms with van der Waals surface area (Å²) in [6, 6.07) is 19.9. The van der Waals surface area contributed by atoms with Crippen molar-refractivity contribution in [3.63, 3.8) is 0 Å². The molecule has 0 fully saturated rings. The van der Waals surface area contributed by atoms with Gasteiger partial charge in [-0.15, -0.1) is 0 Å². The molecule has 0 aliphatic carbocycles. The Hall–Kier alpha value is -3.47. The first-order valence-electron chi connectivity index (χ1n) is 9.11. The van der Waals surface area contributed by atoms with Gasteiger partial charge in [0.1, 0.15) is 0 Å². The fraction of sp³-hybridized carbons (Fsp3) is 0.174. The first kappa shape index (κ1) is 19.3. The molecule has 0 atom stereocenters. The van der Waals surface area contributed by atoms with Crippen LogP contribution in [0.25, 0.3) is 16.8 Å². The summed E-state index contributed by atoms with van der Waals surface area (Å²) in [5.41, 5.74) is 1.93. The van der Waals surface area contributed by atoms with Crippen molar-refractivity contribution in [2.24, 2.45) is 0 Å². The molecule has 0 aliphatic rings. The quantitative estimate of drug-likeness (QED) is 0.459. The molecule has 0 aliphatic heterocycles. The van der Waals surface area contributed by atoms with Crippen molar-refractivity contribution in [1.29, 1.82) is 0 Å². The maximum Gasteiger partial charge on any atom is 0.244 e. The van der Waals surface area contributed by atoms with Crippen LogP contribution < -0.4 is 20.1 Å². The van der Waals surface area contributed by atoms with Crippen LogP contribution in [0.4, 0.5) is 5.69 Å². The van der Waals surface area contributed by atoms with E-state index in [0.717, 1.165) is 11.3 Å². The fourth-order valence-corrected chi connectivity index (χ4v) is 2.95. The predicted octanol–water partition coefficient (Wildman–Crippen LogP) is 4.10.